The third kappa shape index (κ3) is 5.36. The number of carbonyl (C=O) groups is 1. The lowest BCUT2D eigenvalue weighted by Gasteiger charge is -2.22. The minimum atomic E-state index is 0.163. The Hall–Kier alpha value is -1.00. The van der Waals surface area contributed by atoms with Crippen molar-refractivity contribution in [2.75, 3.05) is 25.4 Å². The molecule has 116 valence electrons. The summed E-state index contributed by atoms with van der Waals surface area (Å²) in [5.74, 6) is 1.61. The van der Waals surface area contributed by atoms with Crippen molar-refractivity contribution in [1.82, 2.24) is 10.2 Å². The van der Waals surface area contributed by atoms with Gasteiger partial charge in [0.05, 0.1) is 5.75 Å². The number of likely N-dealkylation sites (tertiary alicyclic amines) is 1. The molecule has 1 fully saturated rings. The molecule has 4 heteroatoms. The Balaban J connectivity index is 1.63. The molecule has 0 aliphatic carbocycles. The molecule has 0 unspecified atom stereocenters. The molecular weight excluding hydrogens is 280 g/mol. The molecule has 0 saturated carbocycles. The predicted octanol–water partition coefficient (Wildman–Crippen LogP) is 2.83. The molecule has 1 saturated heterocycles. The Morgan fingerprint density at radius 1 is 1.48 bits per heavy atom. The number of hydrogen-bond donors (Lipinski definition) is 1. The second kappa shape index (κ2) is 8.44. The lowest BCUT2D eigenvalue weighted by molar-refractivity contribution is -0.118. The maximum atomic E-state index is 11.9. The van der Waals surface area contributed by atoms with E-state index < -0.39 is 0 Å². The summed E-state index contributed by atoms with van der Waals surface area (Å²) in [4.78, 5) is 14.4. The fraction of sp³-hybridized carbons (Fsp3) is 0.588. The lowest BCUT2D eigenvalue weighted by atomic mass is 10.2. The van der Waals surface area contributed by atoms with Crippen LogP contribution in [0.1, 0.15) is 30.9 Å². The quantitative estimate of drug-likeness (QED) is 0.841. The molecule has 1 aromatic rings. The van der Waals surface area contributed by atoms with Gasteiger partial charge in [-0.25, -0.2) is 0 Å². The van der Waals surface area contributed by atoms with E-state index in [2.05, 4.69) is 48.3 Å². The monoisotopic (exact) mass is 306 g/mol. The van der Waals surface area contributed by atoms with Crippen molar-refractivity contribution < 1.29 is 4.79 Å². The zero-order valence-electron chi connectivity index (χ0n) is 13.1. The van der Waals surface area contributed by atoms with Crippen molar-refractivity contribution in [2.24, 2.45) is 0 Å². The molecule has 1 aliphatic rings. The Labute approximate surface area is 132 Å². The summed E-state index contributed by atoms with van der Waals surface area (Å²) in [7, 11) is 0. The topological polar surface area (TPSA) is 32.3 Å². The van der Waals surface area contributed by atoms with Crippen LogP contribution in [0.15, 0.2) is 24.3 Å². The number of rotatable bonds is 7. The average molecular weight is 306 g/mol. The zero-order valence-corrected chi connectivity index (χ0v) is 13.9. The Kier molecular flexibility index (Phi) is 6.58. The molecule has 1 aliphatic heterocycles. The van der Waals surface area contributed by atoms with Gasteiger partial charge in [0.25, 0.3) is 0 Å². The zero-order chi connectivity index (χ0) is 15.1. The summed E-state index contributed by atoms with van der Waals surface area (Å²) in [5, 5.41) is 3.09. The van der Waals surface area contributed by atoms with E-state index in [1.54, 1.807) is 11.8 Å². The van der Waals surface area contributed by atoms with Crippen molar-refractivity contribution in [2.45, 2.75) is 38.5 Å². The summed E-state index contributed by atoms with van der Waals surface area (Å²) >= 11 is 1.69. The lowest BCUT2D eigenvalue weighted by Crippen LogP contribution is -2.40. The predicted molar refractivity (Wildman–Crippen MR) is 90.6 cm³/mol. The van der Waals surface area contributed by atoms with E-state index in [-0.39, 0.29) is 5.91 Å². The molecule has 3 nitrogen and oxygen atoms in total. The number of amides is 1. The highest BCUT2D eigenvalue weighted by Gasteiger charge is 2.22. The minimum Gasteiger partial charge on any atom is -0.354 e. The van der Waals surface area contributed by atoms with Gasteiger partial charge in [-0.1, -0.05) is 36.8 Å². The summed E-state index contributed by atoms with van der Waals surface area (Å²) in [6.07, 6.45) is 2.47. The van der Waals surface area contributed by atoms with Crippen molar-refractivity contribution in [3.63, 3.8) is 0 Å². The van der Waals surface area contributed by atoms with Gasteiger partial charge in [0.2, 0.25) is 5.91 Å². The van der Waals surface area contributed by atoms with Crippen molar-refractivity contribution in [3.05, 3.63) is 35.4 Å². The normalized spacial score (nSPS) is 18.9. The molecular formula is C17H26N2OS. The molecule has 2 rings (SSSR count). The Morgan fingerprint density at radius 2 is 2.33 bits per heavy atom. The maximum absolute atomic E-state index is 11.9. The van der Waals surface area contributed by atoms with Gasteiger partial charge in [0, 0.05) is 18.3 Å². The van der Waals surface area contributed by atoms with Crippen LogP contribution in [0.3, 0.4) is 0 Å². The average Bonchev–Trinajstić information content (AvgIpc) is 2.92. The van der Waals surface area contributed by atoms with Crippen LogP contribution in [0.25, 0.3) is 0 Å². The number of nitrogens with one attached hydrogen (secondary N) is 1. The summed E-state index contributed by atoms with van der Waals surface area (Å²) in [5.41, 5.74) is 2.57. The molecule has 21 heavy (non-hydrogen) atoms. The van der Waals surface area contributed by atoms with E-state index in [0.717, 1.165) is 18.8 Å². The van der Waals surface area contributed by atoms with E-state index in [1.165, 1.54) is 30.5 Å². The molecule has 1 heterocycles. The first-order valence-electron chi connectivity index (χ1n) is 7.83. The molecule has 1 N–H and O–H groups in total. The molecule has 1 amide bonds. The maximum Gasteiger partial charge on any atom is 0.230 e. The molecule has 0 radical (unpaired) electrons. The standard InChI is InChI=1S/C17H26N2OS/c1-3-19-9-5-8-16(19)11-18-17(20)13-21-12-15-7-4-6-14(2)10-15/h4,6-7,10,16H,3,5,8-9,11-13H2,1-2H3,(H,18,20)/t16-/m1/s1. The van der Waals surface area contributed by atoms with E-state index in [9.17, 15) is 4.79 Å². The Bertz CT molecular complexity index is 464. The highest BCUT2D eigenvalue weighted by molar-refractivity contribution is 7.99. The van der Waals surface area contributed by atoms with Crippen LogP contribution in [0.2, 0.25) is 0 Å². The molecule has 0 bridgehead atoms. The van der Waals surface area contributed by atoms with Gasteiger partial charge >= 0.3 is 0 Å². The van der Waals surface area contributed by atoms with Crippen LogP contribution < -0.4 is 5.32 Å². The molecule has 1 aromatic carbocycles. The van der Waals surface area contributed by atoms with Gasteiger partial charge in [0.1, 0.15) is 0 Å². The fourth-order valence-corrected chi connectivity index (χ4v) is 3.69. The number of thioether (sulfide) groups is 1. The highest BCUT2D eigenvalue weighted by atomic mass is 32.2. The van der Waals surface area contributed by atoms with Gasteiger partial charge < -0.3 is 5.32 Å². The number of benzene rings is 1. The summed E-state index contributed by atoms with van der Waals surface area (Å²) in [6, 6.07) is 9.02. The van der Waals surface area contributed by atoms with E-state index in [1.807, 2.05) is 0 Å². The molecule has 0 spiro atoms. The summed E-state index contributed by atoms with van der Waals surface area (Å²) in [6.45, 7) is 7.36. The van der Waals surface area contributed by atoms with Crippen LogP contribution >= 0.6 is 11.8 Å². The first-order chi connectivity index (χ1) is 10.2. The van der Waals surface area contributed by atoms with Gasteiger partial charge in [-0.2, -0.15) is 0 Å². The smallest absolute Gasteiger partial charge is 0.230 e. The minimum absolute atomic E-state index is 0.163. The SMILES string of the molecule is CCN1CCC[C@@H]1CNC(=O)CSCc1cccc(C)c1. The van der Waals surface area contributed by atoms with Crippen molar-refractivity contribution in [1.29, 1.82) is 0 Å². The second-order valence-electron chi connectivity index (χ2n) is 5.71. The van der Waals surface area contributed by atoms with Crippen LogP contribution in [0, 0.1) is 6.92 Å². The van der Waals surface area contributed by atoms with Crippen LogP contribution in [-0.4, -0.2) is 42.2 Å². The first-order valence-corrected chi connectivity index (χ1v) is 8.98. The third-order valence-electron chi connectivity index (χ3n) is 4.02. The van der Waals surface area contributed by atoms with Gasteiger partial charge in [-0.3, -0.25) is 9.69 Å². The van der Waals surface area contributed by atoms with Crippen LogP contribution in [0.5, 0.6) is 0 Å². The first kappa shape index (κ1) is 16.4. The van der Waals surface area contributed by atoms with Gasteiger partial charge in [-0.05, 0) is 38.4 Å². The van der Waals surface area contributed by atoms with Crippen LogP contribution in [0.4, 0.5) is 0 Å². The third-order valence-corrected chi connectivity index (χ3v) is 5.03. The number of aryl methyl sites for hydroxylation is 1. The van der Waals surface area contributed by atoms with Gasteiger partial charge in [-0.15, -0.1) is 11.8 Å². The van der Waals surface area contributed by atoms with Crippen LogP contribution in [-0.2, 0) is 10.5 Å². The number of carbonyl (C=O) groups excluding carboxylic acids is 1. The number of likely N-dealkylation sites (N-methyl/N-ethyl adjacent to an activating group) is 1. The van der Waals surface area contributed by atoms with Crippen molar-refractivity contribution in [3.8, 4) is 0 Å². The van der Waals surface area contributed by atoms with Crippen molar-refractivity contribution >= 4 is 17.7 Å². The molecule has 0 aromatic heterocycles. The number of hydrogen-bond acceptors (Lipinski definition) is 3. The number of nitrogens with zero attached hydrogens (tertiary/aromatic N) is 1. The van der Waals surface area contributed by atoms with E-state index in [4.69, 9.17) is 0 Å². The Morgan fingerprint density at radius 3 is 3.10 bits per heavy atom. The van der Waals surface area contributed by atoms with E-state index in [0.29, 0.717) is 11.8 Å². The van der Waals surface area contributed by atoms with E-state index >= 15 is 0 Å². The highest BCUT2D eigenvalue weighted by Crippen LogP contribution is 2.16. The largest absolute Gasteiger partial charge is 0.354 e. The fourth-order valence-electron chi connectivity index (χ4n) is 2.89. The summed E-state index contributed by atoms with van der Waals surface area (Å²) < 4.78 is 0. The molecule has 1 atom stereocenters. The second-order valence-corrected chi connectivity index (χ2v) is 6.70. The van der Waals surface area contributed by atoms with Gasteiger partial charge in [0.15, 0.2) is 0 Å².